The van der Waals surface area contributed by atoms with Crippen LogP contribution < -0.4 is 5.73 Å². The molecule has 0 aromatic carbocycles. The smallest absolute Gasteiger partial charge is 0.251 e. The van der Waals surface area contributed by atoms with Crippen LogP contribution >= 0.6 is 23.6 Å². The molecule has 2 N–H and O–H groups in total. The monoisotopic (exact) mass is 250 g/mol. The van der Waals surface area contributed by atoms with Gasteiger partial charge in [0.25, 0.3) is 5.91 Å². The molecule has 1 amide bonds. The van der Waals surface area contributed by atoms with E-state index in [1.807, 2.05) is 28.3 Å². The average molecular weight is 250 g/mol. The molecule has 5 heteroatoms. The quantitative estimate of drug-likeness (QED) is 0.850. The van der Waals surface area contributed by atoms with E-state index in [1.54, 1.807) is 23.5 Å². The molecule has 0 unspecified atom stereocenters. The van der Waals surface area contributed by atoms with Gasteiger partial charge in [-0.05, 0) is 23.6 Å². The Labute approximate surface area is 102 Å². The maximum Gasteiger partial charge on any atom is 0.251 e. The fourth-order valence-corrected chi connectivity index (χ4v) is 2.42. The van der Waals surface area contributed by atoms with Crippen molar-refractivity contribution in [1.29, 1.82) is 0 Å². The molecule has 2 heterocycles. The number of rotatable bonds is 3. The van der Waals surface area contributed by atoms with Crippen LogP contribution in [0.25, 0.3) is 0 Å². The minimum absolute atomic E-state index is 0.397. The molecular formula is C11H10N2OS2. The Kier molecular flexibility index (Phi) is 3.17. The molecule has 0 fully saturated rings. The maximum atomic E-state index is 11.1. The van der Waals surface area contributed by atoms with Gasteiger partial charge in [-0.2, -0.15) is 0 Å². The highest BCUT2D eigenvalue weighted by atomic mass is 32.1. The summed E-state index contributed by atoms with van der Waals surface area (Å²) in [4.78, 5) is 12.3. The molecule has 0 bridgehead atoms. The zero-order chi connectivity index (χ0) is 11.5. The maximum absolute atomic E-state index is 11.1. The fraction of sp³-hybridized carbons (Fsp3) is 0.0909. The highest BCUT2D eigenvalue weighted by Gasteiger charge is 2.05. The normalized spacial score (nSPS) is 10.2. The largest absolute Gasteiger partial charge is 0.366 e. The first-order valence-electron chi connectivity index (χ1n) is 4.70. The van der Waals surface area contributed by atoms with Gasteiger partial charge in [0.1, 0.15) is 4.64 Å². The SMILES string of the molecule is NC(=O)c1cccn(Cc2cccs2)c1=S. The van der Waals surface area contributed by atoms with E-state index in [-0.39, 0.29) is 0 Å². The first-order valence-corrected chi connectivity index (χ1v) is 5.99. The number of nitrogens with two attached hydrogens (primary N) is 1. The number of nitrogens with zero attached hydrogens (tertiary/aromatic N) is 1. The number of carbonyl (C=O) groups is 1. The molecule has 0 atom stereocenters. The van der Waals surface area contributed by atoms with E-state index >= 15 is 0 Å². The van der Waals surface area contributed by atoms with Crippen molar-refractivity contribution < 1.29 is 4.79 Å². The van der Waals surface area contributed by atoms with Crippen molar-refractivity contribution in [3.63, 3.8) is 0 Å². The molecule has 0 aliphatic rings. The lowest BCUT2D eigenvalue weighted by atomic mass is 10.2. The van der Waals surface area contributed by atoms with Gasteiger partial charge in [-0.25, -0.2) is 0 Å². The minimum Gasteiger partial charge on any atom is -0.366 e. The van der Waals surface area contributed by atoms with Gasteiger partial charge in [-0.1, -0.05) is 18.3 Å². The van der Waals surface area contributed by atoms with Crippen molar-refractivity contribution in [3.05, 3.63) is 50.9 Å². The van der Waals surface area contributed by atoms with Crippen molar-refractivity contribution in [2.45, 2.75) is 6.54 Å². The first-order chi connectivity index (χ1) is 7.68. The van der Waals surface area contributed by atoms with Gasteiger partial charge in [0, 0.05) is 11.1 Å². The van der Waals surface area contributed by atoms with Crippen LogP contribution in [0.5, 0.6) is 0 Å². The third kappa shape index (κ3) is 2.20. The molecule has 0 saturated carbocycles. The second-order valence-electron chi connectivity index (χ2n) is 3.30. The summed E-state index contributed by atoms with van der Waals surface area (Å²) in [6.07, 6.45) is 1.86. The Bertz CT molecular complexity index is 558. The third-order valence-corrected chi connectivity index (χ3v) is 3.51. The predicted octanol–water partition coefficient (Wildman–Crippen LogP) is 2.43. The van der Waals surface area contributed by atoms with Gasteiger partial charge in [0.2, 0.25) is 0 Å². The van der Waals surface area contributed by atoms with Crippen LogP contribution in [0.4, 0.5) is 0 Å². The standard InChI is InChI=1S/C11H10N2OS2/c12-10(14)9-4-1-5-13(11(9)15)7-8-3-2-6-16-8/h1-6H,7H2,(H2,12,14). The Morgan fingerprint density at radius 3 is 2.88 bits per heavy atom. The number of thiophene rings is 1. The second kappa shape index (κ2) is 4.59. The van der Waals surface area contributed by atoms with Crippen LogP contribution in [0, 0.1) is 4.64 Å². The number of pyridine rings is 1. The van der Waals surface area contributed by atoms with Crippen molar-refractivity contribution in [2.24, 2.45) is 5.73 Å². The summed E-state index contributed by atoms with van der Waals surface area (Å²) in [5.74, 6) is -0.481. The molecule has 2 rings (SSSR count). The van der Waals surface area contributed by atoms with Crippen LogP contribution in [-0.4, -0.2) is 10.5 Å². The zero-order valence-electron chi connectivity index (χ0n) is 8.42. The first kappa shape index (κ1) is 11.0. The van der Waals surface area contributed by atoms with Crippen LogP contribution in [0.15, 0.2) is 35.8 Å². The van der Waals surface area contributed by atoms with E-state index in [2.05, 4.69) is 0 Å². The lowest BCUT2D eigenvalue weighted by molar-refractivity contribution is 0.0999. The summed E-state index contributed by atoms with van der Waals surface area (Å²) >= 11 is 6.87. The van der Waals surface area contributed by atoms with Gasteiger partial charge in [-0.15, -0.1) is 11.3 Å². The molecule has 16 heavy (non-hydrogen) atoms. The molecular weight excluding hydrogens is 240 g/mol. The van der Waals surface area contributed by atoms with Crippen LogP contribution in [-0.2, 0) is 6.54 Å². The third-order valence-electron chi connectivity index (χ3n) is 2.19. The van der Waals surface area contributed by atoms with Crippen molar-refractivity contribution >= 4 is 29.5 Å². The van der Waals surface area contributed by atoms with Crippen LogP contribution in [0.2, 0.25) is 0 Å². The number of amides is 1. The molecule has 3 nitrogen and oxygen atoms in total. The molecule has 2 aromatic heterocycles. The van der Waals surface area contributed by atoms with Gasteiger partial charge >= 0.3 is 0 Å². The Hall–Kier alpha value is -1.46. The number of primary amides is 1. The lowest BCUT2D eigenvalue weighted by Crippen LogP contribution is -2.14. The topological polar surface area (TPSA) is 48.0 Å². The highest BCUT2D eigenvalue weighted by molar-refractivity contribution is 7.71. The van der Waals surface area contributed by atoms with E-state index in [0.717, 1.165) is 0 Å². The fourth-order valence-electron chi connectivity index (χ4n) is 1.42. The summed E-state index contributed by atoms with van der Waals surface area (Å²) < 4.78 is 2.34. The summed E-state index contributed by atoms with van der Waals surface area (Å²) in [6.45, 7) is 0.678. The summed E-state index contributed by atoms with van der Waals surface area (Å²) in [6, 6.07) is 7.45. The average Bonchev–Trinajstić information content (AvgIpc) is 2.73. The predicted molar refractivity (Wildman–Crippen MR) is 67.2 cm³/mol. The number of hydrogen-bond donors (Lipinski definition) is 1. The highest BCUT2D eigenvalue weighted by Crippen LogP contribution is 2.12. The van der Waals surface area contributed by atoms with Crippen molar-refractivity contribution in [3.8, 4) is 0 Å². The number of aromatic nitrogens is 1. The van der Waals surface area contributed by atoms with Gasteiger partial charge < -0.3 is 10.3 Å². The Morgan fingerprint density at radius 1 is 1.44 bits per heavy atom. The van der Waals surface area contributed by atoms with E-state index in [1.165, 1.54) is 4.88 Å². The number of hydrogen-bond acceptors (Lipinski definition) is 3. The van der Waals surface area contributed by atoms with Gasteiger partial charge in [-0.3, -0.25) is 4.79 Å². The molecule has 0 radical (unpaired) electrons. The van der Waals surface area contributed by atoms with E-state index in [4.69, 9.17) is 18.0 Å². The molecule has 0 spiro atoms. The van der Waals surface area contributed by atoms with E-state index in [0.29, 0.717) is 16.7 Å². The van der Waals surface area contributed by atoms with Gasteiger partial charge in [0.15, 0.2) is 0 Å². The molecule has 82 valence electrons. The Balaban J connectivity index is 2.39. The van der Waals surface area contributed by atoms with Gasteiger partial charge in [0.05, 0.1) is 12.1 Å². The van der Waals surface area contributed by atoms with E-state index < -0.39 is 5.91 Å². The second-order valence-corrected chi connectivity index (χ2v) is 4.72. The minimum atomic E-state index is -0.481. The number of carbonyl (C=O) groups excluding carboxylic acids is 1. The zero-order valence-corrected chi connectivity index (χ0v) is 10.1. The van der Waals surface area contributed by atoms with Crippen LogP contribution in [0.3, 0.4) is 0 Å². The molecule has 0 saturated heterocycles. The summed E-state index contributed by atoms with van der Waals surface area (Å²) in [7, 11) is 0. The summed E-state index contributed by atoms with van der Waals surface area (Å²) in [5.41, 5.74) is 5.64. The van der Waals surface area contributed by atoms with Crippen molar-refractivity contribution in [2.75, 3.05) is 0 Å². The molecule has 0 aliphatic heterocycles. The Morgan fingerprint density at radius 2 is 2.25 bits per heavy atom. The molecule has 2 aromatic rings. The lowest BCUT2D eigenvalue weighted by Gasteiger charge is -2.06. The van der Waals surface area contributed by atoms with Crippen LogP contribution in [0.1, 0.15) is 15.2 Å². The molecule has 0 aliphatic carbocycles. The summed E-state index contributed by atoms with van der Waals surface area (Å²) in [5, 5.41) is 2.01. The van der Waals surface area contributed by atoms with E-state index in [9.17, 15) is 4.79 Å². The van der Waals surface area contributed by atoms with Crippen molar-refractivity contribution in [1.82, 2.24) is 4.57 Å².